The first-order chi connectivity index (χ1) is 9.69. The zero-order valence-corrected chi connectivity index (χ0v) is 14.5. The van der Waals surface area contributed by atoms with Gasteiger partial charge in [-0.15, -0.1) is 0 Å². The maximum Gasteiger partial charge on any atom is 0.0758 e. The van der Waals surface area contributed by atoms with Gasteiger partial charge in [-0.25, -0.2) is 0 Å². The van der Waals surface area contributed by atoms with Crippen molar-refractivity contribution in [1.82, 2.24) is 15.1 Å². The van der Waals surface area contributed by atoms with E-state index in [4.69, 9.17) is 0 Å². The Labute approximate surface area is 134 Å². The van der Waals surface area contributed by atoms with E-state index in [2.05, 4.69) is 82.7 Å². The molecule has 20 heavy (non-hydrogen) atoms. The van der Waals surface area contributed by atoms with E-state index in [1.807, 2.05) is 6.20 Å². The molecule has 1 N–H and O–H groups in total. The van der Waals surface area contributed by atoms with Gasteiger partial charge in [0.2, 0.25) is 0 Å². The number of aromatic nitrogens is 2. The van der Waals surface area contributed by atoms with Crippen LogP contribution in [0.1, 0.15) is 43.1 Å². The van der Waals surface area contributed by atoms with E-state index < -0.39 is 0 Å². The van der Waals surface area contributed by atoms with Crippen LogP contribution in [0.2, 0.25) is 0 Å². The van der Waals surface area contributed by atoms with Crippen molar-refractivity contribution in [3.8, 4) is 0 Å². The zero-order chi connectivity index (χ0) is 14.5. The van der Waals surface area contributed by atoms with Gasteiger partial charge in [-0.1, -0.05) is 32.0 Å². The number of nitrogens with zero attached hydrogens (tertiary/aromatic N) is 2. The number of hydrogen-bond acceptors (Lipinski definition) is 2. The van der Waals surface area contributed by atoms with Crippen molar-refractivity contribution in [2.45, 2.75) is 39.8 Å². The van der Waals surface area contributed by atoms with Gasteiger partial charge in [0.1, 0.15) is 0 Å². The molecule has 0 amide bonds. The molecule has 0 saturated heterocycles. The Hall–Kier alpha value is -0.880. The van der Waals surface area contributed by atoms with Gasteiger partial charge in [0.05, 0.1) is 11.7 Å². The van der Waals surface area contributed by atoms with Gasteiger partial charge in [-0.2, -0.15) is 5.10 Å². The number of nitrogens with one attached hydrogen (secondary N) is 1. The van der Waals surface area contributed by atoms with Crippen LogP contribution in [0.3, 0.4) is 0 Å². The molecule has 4 heteroatoms. The highest BCUT2D eigenvalue weighted by atomic mass is 127. The molecule has 0 aliphatic rings. The Morgan fingerprint density at radius 2 is 2.10 bits per heavy atom. The summed E-state index contributed by atoms with van der Waals surface area (Å²) in [4.78, 5) is 0. The highest BCUT2D eigenvalue weighted by Crippen LogP contribution is 2.28. The summed E-state index contributed by atoms with van der Waals surface area (Å²) in [6, 6.07) is 8.85. The van der Waals surface area contributed by atoms with Gasteiger partial charge in [-0.3, -0.25) is 4.68 Å². The lowest BCUT2D eigenvalue weighted by Gasteiger charge is -2.22. The standard InChI is InChI=1S/C16H22IN3/c1-4-11-20-14(9-10-19-20)16(18-5-2)13-8-6-7-12(3)15(13)17/h6-10,16,18H,4-5,11H2,1-3H3. The molecular weight excluding hydrogens is 361 g/mol. The van der Waals surface area contributed by atoms with Gasteiger partial charge in [0, 0.05) is 16.3 Å². The predicted octanol–water partition coefficient (Wildman–Crippen LogP) is 3.91. The molecule has 3 nitrogen and oxygen atoms in total. The lowest BCUT2D eigenvalue weighted by Crippen LogP contribution is -2.26. The lowest BCUT2D eigenvalue weighted by atomic mass is 10.0. The molecular formula is C16H22IN3. The van der Waals surface area contributed by atoms with Crippen LogP contribution in [0.15, 0.2) is 30.5 Å². The SMILES string of the molecule is CCCn1nccc1C(NCC)c1cccc(C)c1I. The topological polar surface area (TPSA) is 29.9 Å². The molecule has 0 aliphatic heterocycles. The summed E-state index contributed by atoms with van der Waals surface area (Å²) in [6.45, 7) is 8.40. The van der Waals surface area contributed by atoms with Gasteiger partial charge in [0.15, 0.2) is 0 Å². The molecule has 1 aromatic heterocycles. The minimum absolute atomic E-state index is 0.209. The average Bonchev–Trinajstić information content (AvgIpc) is 2.88. The fourth-order valence-electron chi connectivity index (χ4n) is 2.46. The summed E-state index contributed by atoms with van der Waals surface area (Å²) in [6.07, 6.45) is 3.00. The molecule has 0 bridgehead atoms. The fourth-order valence-corrected chi connectivity index (χ4v) is 3.13. The van der Waals surface area contributed by atoms with E-state index in [9.17, 15) is 0 Å². The average molecular weight is 383 g/mol. The van der Waals surface area contributed by atoms with E-state index >= 15 is 0 Å². The predicted molar refractivity (Wildman–Crippen MR) is 91.9 cm³/mol. The van der Waals surface area contributed by atoms with Gasteiger partial charge >= 0.3 is 0 Å². The lowest BCUT2D eigenvalue weighted by molar-refractivity contribution is 0.519. The minimum atomic E-state index is 0.209. The quantitative estimate of drug-likeness (QED) is 0.767. The van der Waals surface area contributed by atoms with Crippen molar-refractivity contribution in [3.05, 3.63) is 50.9 Å². The van der Waals surface area contributed by atoms with Crippen LogP contribution in [0.5, 0.6) is 0 Å². The van der Waals surface area contributed by atoms with Crippen LogP contribution in [-0.2, 0) is 6.54 Å². The first-order valence-electron chi connectivity index (χ1n) is 7.19. The molecule has 108 valence electrons. The van der Waals surface area contributed by atoms with Crippen molar-refractivity contribution in [1.29, 1.82) is 0 Å². The zero-order valence-electron chi connectivity index (χ0n) is 12.4. The summed E-state index contributed by atoms with van der Waals surface area (Å²) >= 11 is 2.45. The summed E-state index contributed by atoms with van der Waals surface area (Å²) in [7, 11) is 0. The molecule has 0 fully saturated rings. The Balaban J connectivity index is 2.45. The van der Waals surface area contributed by atoms with Crippen LogP contribution < -0.4 is 5.32 Å². The van der Waals surface area contributed by atoms with Crippen molar-refractivity contribution in [2.24, 2.45) is 0 Å². The first-order valence-corrected chi connectivity index (χ1v) is 8.27. The number of benzene rings is 1. The van der Waals surface area contributed by atoms with Crippen molar-refractivity contribution in [2.75, 3.05) is 6.54 Å². The molecule has 0 spiro atoms. The summed E-state index contributed by atoms with van der Waals surface area (Å²) in [5.74, 6) is 0. The molecule has 0 aliphatic carbocycles. The van der Waals surface area contributed by atoms with Gasteiger partial charge < -0.3 is 5.32 Å². The molecule has 0 saturated carbocycles. The van der Waals surface area contributed by atoms with E-state index in [-0.39, 0.29) is 6.04 Å². The van der Waals surface area contributed by atoms with E-state index in [0.717, 1.165) is 19.5 Å². The molecule has 2 rings (SSSR count). The summed E-state index contributed by atoms with van der Waals surface area (Å²) < 4.78 is 3.45. The fraction of sp³-hybridized carbons (Fsp3) is 0.438. The highest BCUT2D eigenvalue weighted by Gasteiger charge is 2.20. The maximum absolute atomic E-state index is 4.46. The molecule has 1 atom stereocenters. The first kappa shape index (κ1) is 15.5. The Morgan fingerprint density at radius 3 is 2.80 bits per heavy atom. The second-order valence-corrected chi connectivity index (χ2v) is 6.03. The van der Waals surface area contributed by atoms with Gasteiger partial charge in [0.25, 0.3) is 0 Å². The summed E-state index contributed by atoms with van der Waals surface area (Å²) in [5, 5.41) is 8.06. The normalized spacial score (nSPS) is 12.6. The monoisotopic (exact) mass is 383 g/mol. The molecule has 2 aromatic rings. The number of halogens is 1. The van der Waals surface area contributed by atoms with Crippen molar-refractivity contribution >= 4 is 22.6 Å². The number of hydrogen-bond donors (Lipinski definition) is 1. The van der Waals surface area contributed by atoms with Crippen molar-refractivity contribution in [3.63, 3.8) is 0 Å². The third kappa shape index (κ3) is 3.23. The highest BCUT2D eigenvalue weighted by molar-refractivity contribution is 14.1. The minimum Gasteiger partial charge on any atom is -0.305 e. The Bertz CT molecular complexity index is 563. The maximum atomic E-state index is 4.46. The van der Waals surface area contributed by atoms with Crippen LogP contribution >= 0.6 is 22.6 Å². The van der Waals surface area contributed by atoms with Gasteiger partial charge in [-0.05, 0) is 59.7 Å². The van der Waals surface area contributed by atoms with Crippen LogP contribution in [0, 0.1) is 10.5 Å². The van der Waals surface area contributed by atoms with E-state index in [1.54, 1.807) is 0 Å². The van der Waals surface area contributed by atoms with E-state index in [1.165, 1.54) is 20.4 Å². The Morgan fingerprint density at radius 1 is 1.30 bits per heavy atom. The van der Waals surface area contributed by atoms with Crippen LogP contribution in [0.25, 0.3) is 0 Å². The van der Waals surface area contributed by atoms with Crippen LogP contribution in [0.4, 0.5) is 0 Å². The second kappa shape index (κ2) is 7.22. The van der Waals surface area contributed by atoms with Crippen molar-refractivity contribution < 1.29 is 0 Å². The smallest absolute Gasteiger partial charge is 0.0758 e. The Kier molecular flexibility index (Phi) is 5.60. The molecule has 1 heterocycles. The van der Waals surface area contributed by atoms with E-state index in [0.29, 0.717) is 0 Å². The third-order valence-electron chi connectivity index (χ3n) is 3.42. The molecule has 1 aromatic carbocycles. The second-order valence-electron chi connectivity index (χ2n) is 4.95. The number of rotatable bonds is 6. The number of aryl methyl sites for hydroxylation is 2. The molecule has 1 unspecified atom stereocenters. The largest absolute Gasteiger partial charge is 0.305 e. The molecule has 0 radical (unpaired) electrons. The third-order valence-corrected chi connectivity index (χ3v) is 4.90. The summed E-state index contributed by atoms with van der Waals surface area (Å²) in [5.41, 5.74) is 3.91. The van der Waals surface area contributed by atoms with Crippen LogP contribution in [-0.4, -0.2) is 16.3 Å².